The van der Waals surface area contributed by atoms with Crippen LogP contribution in [0, 0.1) is 0 Å². The summed E-state index contributed by atoms with van der Waals surface area (Å²) in [6, 6.07) is 6.51. The van der Waals surface area contributed by atoms with Gasteiger partial charge in [0.05, 0.1) is 6.10 Å². The van der Waals surface area contributed by atoms with Gasteiger partial charge >= 0.3 is 0 Å². The number of ether oxygens (including phenoxy) is 1. The number of rotatable bonds is 5. The Bertz CT molecular complexity index is 453. The molecule has 4 nitrogen and oxygen atoms in total. The fourth-order valence-corrected chi connectivity index (χ4v) is 2.52. The van der Waals surface area contributed by atoms with Crippen molar-refractivity contribution in [3.8, 4) is 0 Å². The van der Waals surface area contributed by atoms with Gasteiger partial charge in [-0.1, -0.05) is 6.58 Å². The van der Waals surface area contributed by atoms with E-state index in [4.69, 9.17) is 4.74 Å². The van der Waals surface area contributed by atoms with Gasteiger partial charge in [0, 0.05) is 50.2 Å². The number of nitrogens with zero attached hydrogens (tertiary/aromatic N) is 2. The molecule has 0 bridgehead atoms. The number of piperazine rings is 1. The second kappa shape index (κ2) is 6.77. The Morgan fingerprint density at radius 2 is 2.00 bits per heavy atom. The van der Waals surface area contributed by atoms with E-state index in [1.165, 1.54) is 11.3 Å². The smallest absolute Gasteiger partial charge is 0.0813 e. The lowest BCUT2D eigenvalue weighted by atomic mass is 10.1. The lowest BCUT2D eigenvalue weighted by Gasteiger charge is -2.34. The van der Waals surface area contributed by atoms with Crippen LogP contribution in [-0.4, -0.2) is 45.2 Å². The third kappa shape index (κ3) is 3.32. The summed E-state index contributed by atoms with van der Waals surface area (Å²) >= 11 is 0. The van der Waals surface area contributed by atoms with Gasteiger partial charge in [-0.25, -0.2) is 0 Å². The minimum absolute atomic E-state index is 0.0601. The number of methoxy groups -OCH3 is 1. The second-order valence-electron chi connectivity index (χ2n) is 5.29. The molecule has 1 aromatic carbocycles. The molecule has 0 radical (unpaired) electrons. The summed E-state index contributed by atoms with van der Waals surface area (Å²) in [7, 11) is 3.91. The fourth-order valence-electron chi connectivity index (χ4n) is 2.52. The largest absolute Gasteiger partial charge is 0.377 e. The minimum atomic E-state index is 0.0601. The van der Waals surface area contributed by atoms with Crippen LogP contribution in [0.5, 0.6) is 0 Å². The van der Waals surface area contributed by atoms with Crippen molar-refractivity contribution >= 4 is 11.4 Å². The topological polar surface area (TPSA) is 27.7 Å². The van der Waals surface area contributed by atoms with Crippen molar-refractivity contribution in [3.63, 3.8) is 0 Å². The average Bonchev–Trinajstić information content (AvgIpc) is 2.48. The van der Waals surface area contributed by atoms with Crippen molar-refractivity contribution in [1.82, 2.24) is 4.90 Å². The number of benzene rings is 1. The molecule has 1 heterocycles. The molecule has 0 saturated carbocycles. The van der Waals surface area contributed by atoms with Crippen molar-refractivity contribution < 1.29 is 4.74 Å². The van der Waals surface area contributed by atoms with Crippen LogP contribution in [0.25, 0.3) is 0 Å². The highest BCUT2D eigenvalue weighted by Crippen LogP contribution is 2.30. The zero-order valence-corrected chi connectivity index (χ0v) is 12.7. The predicted octanol–water partition coefficient (Wildman–Crippen LogP) is 2.70. The van der Waals surface area contributed by atoms with Crippen LogP contribution in [0.4, 0.5) is 11.4 Å². The van der Waals surface area contributed by atoms with Crippen LogP contribution in [0.2, 0.25) is 0 Å². The summed E-state index contributed by atoms with van der Waals surface area (Å²) in [5.41, 5.74) is 3.50. The van der Waals surface area contributed by atoms with E-state index in [9.17, 15) is 0 Å². The Balaban J connectivity index is 2.24. The number of likely N-dealkylation sites (N-methyl/N-ethyl adjacent to an activating group) is 1. The SMILES string of the molecule is C=CNc1ccc(N2CCN(C)CC2)cc1C(C)OC. The number of nitrogens with one attached hydrogen (secondary N) is 1. The quantitative estimate of drug-likeness (QED) is 0.894. The third-order valence-electron chi connectivity index (χ3n) is 3.95. The lowest BCUT2D eigenvalue weighted by Crippen LogP contribution is -2.44. The molecule has 0 spiro atoms. The molecule has 1 fully saturated rings. The van der Waals surface area contributed by atoms with Crippen LogP contribution in [0.1, 0.15) is 18.6 Å². The van der Waals surface area contributed by atoms with Gasteiger partial charge in [0.2, 0.25) is 0 Å². The Morgan fingerprint density at radius 1 is 1.30 bits per heavy atom. The highest BCUT2D eigenvalue weighted by atomic mass is 16.5. The Hall–Kier alpha value is -1.52. The first-order valence-corrected chi connectivity index (χ1v) is 7.13. The highest BCUT2D eigenvalue weighted by Gasteiger charge is 2.17. The first-order valence-electron chi connectivity index (χ1n) is 7.13. The molecular weight excluding hydrogens is 250 g/mol. The van der Waals surface area contributed by atoms with Gasteiger partial charge in [-0.2, -0.15) is 0 Å². The fraction of sp³-hybridized carbons (Fsp3) is 0.500. The zero-order valence-electron chi connectivity index (χ0n) is 12.7. The molecule has 1 N–H and O–H groups in total. The van der Waals surface area contributed by atoms with Crippen molar-refractivity contribution in [2.75, 3.05) is 50.6 Å². The standard InChI is InChI=1S/C16H25N3O/c1-5-17-16-7-6-14(12-15(16)13(2)20-4)19-10-8-18(3)9-11-19/h5-7,12-13,17H,1,8-11H2,2-4H3. The Kier molecular flexibility index (Phi) is 5.04. The van der Waals surface area contributed by atoms with Gasteiger partial charge in [0.15, 0.2) is 0 Å². The van der Waals surface area contributed by atoms with Crippen molar-refractivity contribution in [3.05, 3.63) is 36.5 Å². The summed E-state index contributed by atoms with van der Waals surface area (Å²) < 4.78 is 5.48. The molecule has 2 rings (SSSR count). The maximum atomic E-state index is 5.48. The molecule has 0 amide bonds. The van der Waals surface area contributed by atoms with E-state index in [2.05, 4.69) is 53.9 Å². The number of anilines is 2. The van der Waals surface area contributed by atoms with E-state index in [-0.39, 0.29) is 6.10 Å². The van der Waals surface area contributed by atoms with E-state index in [0.717, 1.165) is 31.9 Å². The predicted molar refractivity (Wildman–Crippen MR) is 85.4 cm³/mol. The molecule has 1 atom stereocenters. The second-order valence-corrected chi connectivity index (χ2v) is 5.29. The highest BCUT2D eigenvalue weighted by molar-refractivity contribution is 5.62. The van der Waals surface area contributed by atoms with Gasteiger partial charge < -0.3 is 19.9 Å². The van der Waals surface area contributed by atoms with Crippen LogP contribution in [0.3, 0.4) is 0 Å². The van der Waals surface area contributed by atoms with E-state index < -0.39 is 0 Å². The van der Waals surface area contributed by atoms with Crippen LogP contribution in [-0.2, 0) is 4.74 Å². The molecule has 1 unspecified atom stereocenters. The van der Waals surface area contributed by atoms with Crippen molar-refractivity contribution in [2.45, 2.75) is 13.0 Å². The average molecular weight is 275 g/mol. The van der Waals surface area contributed by atoms with Crippen molar-refractivity contribution in [1.29, 1.82) is 0 Å². The first-order chi connectivity index (χ1) is 9.65. The molecule has 4 heteroatoms. The molecular formula is C16H25N3O. The van der Waals surface area contributed by atoms with Gasteiger partial charge in [0.25, 0.3) is 0 Å². The van der Waals surface area contributed by atoms with E-state index in [0.29, 0.717) is 0 Å². The zero-order chi connectivity index (χ0) is 14.5. The molecule has 0 aliphatic carbocycles. The van der Waals surface area contributed by atoms with Crippen molar-refractivity contribution in [2.24, 2.45) is 0 Å². The van der Waals surface area contributed by atoms with E-state index in [1.54, 1.807) is 13.3 Å². The summed E-state index contributed by atoms with van der Waals surface area (Å²) in [5, 5.41) is 3.19. The van der Waals surface area contributed by atoms with E-state index >= 15 is 0 Å². The monoisotopic (exact) mass is 275 g/mol. The number of hydrogen-bond donors (Lipinski definition) is 1. The van der Waals surface area contributed by atoms with Gasteiger partial charge in [-0.05, 0) is 38.4 Å². The van der Waals surface area contributed by atoms with Crippen LogP contribution < -0.4 is 10.2 Å². The molecule has 110 valence electrons. The Labute approximate surface area is 122 Å². The Morgan fingerprint density at radius 3 is 2.60 bits per heavy atom. The normalized spacial score (nSPS) is 17.9. The van der Waals surface area contributed by atoms with Gasteiger partial charge in [-0.15, -0.1) is 0 Å². The summed E-state index contributed by atoms with van der Waals surface area (Å²) in [6.45, 7) is 10.2. The summed E-state index contributed by atoms with van der Waals surface area (Å²) in [5.74, 6) is 0. The number of hydrogen-bond acceptors (Lipinski definition) is 4. The van der Waals surface area contributed by atoms with Crippen LogP contribution >= 0.6 is 0 Å². The lowest BCUT2D eigenvalue weighted by molar-refractivity contribution is 0.120. The van der Waals surface area contributed by atoms with Gasteiger partial charge in [-0.3, -0.25) is 0 Å². The molecule has 1 aliphatic heterocycles. The van der Waals surface area contributed by atoms with Gasteiger partial charge in [0.1, 0.15) is 0 Å². The summed E-state index contributed by atoms with van der Waals surface area (Å²) in [6.07, 6.45) is 1.77. The maximum absolute atomic E-state index is 5.48. The minimum Gasteiger partial charge on any atom is -0.377 e. The third-order valence-corrected chi connectivity index (χ3v) is 3.95. The van der Waals surface area contributed by atoms with E-state index in [1.807, 2.05) is 0 Å². The molecule has 1 aliphatic rings. The molecule has 0 aromatic heterocycles. The molecule has 1 aromatic rings. The molecule has 1 saturated heterocycles. The van der Waals surface area contributed by atoms with Crippen LogP contribution in [0.15, 0.2) is 31.0 Å². The molecule has 20 heavy (non-hydrogen) atoms. The summed E-state index contributed by atoms with van der Waals surface area (Å²) in [4.78, 5) is 4.80. The first kappa shape index (κ1) is 14.9. The maximum Gasteiger partial charge on any atom is 0.0813 e.